The largest absolute Gasteiger partial charge is 0.378 e. The predicted octanol–water partition coefficient (Wildman–Crippen LogP) is 4.40. The van der Waals surface area contributed by atoms with E-state index in [1.165, 1.54) is 38.5 Å². The minimum absolute atomic E-state index is 0. The Labute approximate surface area is 165 Å². The number of ether oxygens (including phenoxy) is 1. The molecular formula is C19H36IN3O. The van der Waals surface area contributed by atoms with Crippen LogP contribution in [-0.4, -0.2) is 37.8 Å². The maximum Gasteiger partial charge on any atom is 0.191 e. The van der Waals surface area contributed by atoms with Gasteiger partial charge in [0, 0.05) is 25.7 Å². The Morgan fingerprint density at radius 1 is 1.08 bits per heavy atom. The Morgan fingerprint density at radius 3 is 2.46 bits per heavy atom. The first-order chi connectivity index (χ1) is 11.4. The average Bonchev–Trinajstić information content (AvgIpc) is 2.92. The van der Waals surface area contributed by atoms with Crippen LogP contribution in [0.4, 0.5) is 0 Å². The van der Waals surface area contributed by atoms with Crippen LogP contribution in [0.1, 0.15) is 71.1 Å². The van der Waals surface area contributed by atoms with Crippen LogP contribution in [0.3, 0.4) is 0 Å². The molecule has 0 spiro atoms. The molecule has 0 saturated heterocycles. The Hall–Kier alpha value is -0.300. The average molecular weight is 449 g/mol. The van der Waals surface area contributed by atoms with Crippen LogP contribution in [0.25, 0.3) is 0 Å². The van der Waals surface area contributed by atoms with Crippen LogP contribution in [0.5, 0.6) is 0 Å². The summed E-state index contributed by atoms with van der Waals surface area (Å²) in [6.45, 7) is 4.81. The Balaban J connectivity index is 0.00000288. The van der Waals surface area contributed by atoms with Crippen LogP contribution < -0.4 is 10.6 Å². The third-order valence-corrected chi connectivity index (χ3v) is 4.67. The van der Waals surface area contributed by atoms with Crippen molar-refractivity contribution in [3.63, 3.8) is 0 Å². The first kappa shape index (κ1) is 21.7. The lowest BCUT2D eigenvalue weighted by Gasteiger charge is -2.17. The molecule has 0 bridgehead atoms. The van der Waals surface area contributed by atoms with Gasteiger partial charge in [0.05, 0.1) is 6.10 Å². The lowest BCUT2D eigenvalue weighted by atomic mass is 10.1. The normalized spacial score (nSPS) is 19.8. The van der Waals surface area contributed by atoms with Gasteiger partial charge in [-0.15, -0.1) is 24.0 Å². The molecule has 0 unspecified atom stereocenters. The Bertz CT molecular complexity index is 358. The van der Waals surface area contributed by atoms with Crippen molar-refractivity contribution >= 4 is 29.9 Å². The first-order valence-electron chi connectivity index (χ1n) is 9.70. The third kappa shape index (κ3) is 9.25. The van der Waals surface area contributed by atoms with Gasteiger partial charge >= 0.3 is 0 Å². The molecule has 0 radical (unpaired) electrons. The molecule has 0 atom stereocenters. The monoisotopic (exact) mass is 449 g/mol. The van der Waals surface area contributed by atoms with Crippen molar-refractivity contribution in [1.29, 1.82) is 0 Å². The van der Waals surface area contributed by atoms with Gasteiger partial charge in [0.1, 0.15) is 0 Å². The van der Waals surface area contributed by atoms with Crippen molar-refractivity contribution in [2.75, 3.05) is 19.7 Å². The molecule has 0 aliphatic heterocycles. The van der Waals surface area contributed by atoms with Gasteiger partial charge in [0.15, 0.2) is 5.96 Å². The highest BCUT2D eigenvalue weighted by Gasteiger charge is 2.12. The molecule has 1 fully saturated rings. The summed E-state index contributed by atoms with van der Waals surface area (Å²) in [4.78, 5) is 4.69. The summed E-state index contributed by atoms with van der Waals surface area (Å²) in [5.74, 6) is 0.964. The summed E-state index contributed by atoms with van der Waals surface area (Å²) in [5, 5.41) is 6.85. The van der Waals surface area contributed by atoms with Crippen LogP contribution in [-0.2, 0) is 4.74 Å². The molecule has 2 rings (SSSR count). The van der Waals surface area contributed by atoms with Crippen LogP contribution in [0, 0.1) is 0 Å². The molecule has 0 heterocycles. The van der Waals surface area contributed by atoms with Gasteiger partial charge in [0.25, 0.3) is 0 Å². The van der Waals surface area contributed by atoms with Gasteiger partial charge in [-0.1, -0.05) is 37.8 Å². The second-order valence-corrected chi connectivity index (χ2v) is 6.74. The number of hydrogen-bond acceptors (Lipinski definition) is 2. The fourth-order valence-electron chi connectivity index (χ4n) is 3.31. The Morgan fingerprint density at radius 2 is 1.79 bits per heavy atom. The molecule has 2 aliphatic rings. The zero-order valence-electron chi connectivity index (χ0n) is 15.3. The zero-order chi connectivity index (χ0) is 16.2. The number of nitrogens with one attached hydrogen (secondary N) is 2. The van der Waals surface area contributed by atoms with Gasteiger partial charge in [-0.2, -0.15) is 0 Å². The van der Waals surface area contributed by atoms with Gasteiger partial charge in [-0.3, -0.25) is 4.99 Å². The summed E-state index contributed by atoms with van der Waals surface area (Å²) in [6.07, 6.45) is 17.5. The zero-order valence-corrected chi connectivity index (χ0v) is 17.6. The highest BCUT2D eigenvalue weighted by Crippen LogP contribution is 2.19. The molecule has 0 amide bonds. The molecule has 1 saturated carbocycles. The molecule has 0 aromatic heterocycles. The molecule has 24 heavy (non-hydrogen) atoms. The molecule has 0 aromatic rings. The fourth-order valence-corrected chi connectivity index (χ4v) is 3.31. The molecule has 2 N–H and O–H groups in total. The summed E-state index contributed by atoms with van der Waals surface area (Å²) in [5.41, 5.74) is 0. The van der Waals surface area contributed by atoms with Gasteiger partial charge in [-0.25, -0.2) is 0 Å². The van der Waals surface area contributed by atoms with E-state index >= 15 is 0 Å². The molecule has 140 valence electrons. The maximum atomic E-state index is 6.04. The summed E-state index contributed by atoms with van der Waals surface area (Å²) in [7, 11) is 0. The smallest absolute Gasteiger partial charge is 0.191 e. The predicted molar refractivity (Wildman–Crippen MR) is 113 cm³/mol. The van der Waals surface area contributed by atoms with E-state index in [0.29, 0.717) is 12.1 Å². The quantitative estimate of drug-likeness (QED) is 0.144. The van der Waals surface area contributed by atoms with Crippen molar-refractivity contribution in [3.05, 3.63) is 12.2 Å². The Kier molecular flexibility index (Phi) is 12.6. The van der Waals surface area contributed by atoms with Crippen LogP contribution in [0.15, 0.2) is 17.1 Å². The summed E-state index contributed by atoms with van der Waals surface area (Å²) >= 11 is 0. The maximum absolute atomic E-state index is 6.04. The minimum atomic E-state index is 0. The van der Waals surface area contributed by atoms with Crippen molar-refractivity contribution in [2.45, 2.75) is 83.3 Å². The highest BCUT2D eigenvalue weighted by atomic mass is 127. The number of halogens is 1. The molecule has 0 aromatic carbocycles. The molecule has 4 nitrogen and oxygen atoms in total. The molecular weight excluding hydrogens is 413 g/mol. The minimum Gasteiger partial charge on any atom is -0.378 e. The standard InChI is InChI=1S/C19H35N3O.HI/c1-2-20-19(22-17-11-7-8-12-17)21-15-9-10-16-23-18-13-5-3-4-6-14-18;/h7-8,17-18H,2-6,9-16H2,1H3,(H2,20,21,22);1H. The van der Waals surface area contributed by atoms with E-state index < -0.39 is 0 Å². The van der Waals surface area contributed by atoms with Gasteiger partial charge in [-0.05, 0) is 45.4 Å². The van der Waals surface area contributed by atoms with Crippen molar-refractivity contribution in [3.8, 4) is 0 Å². The number of aliphatic imine (C=N–C) groups is 1. The topological polar surface area (TPSA) is 45.7 Å². The van der Waals surface area contributed by atoms with E-state index in [0.717, 1.165) is 51.3 Å². The summed E-state index contributed by atoms with van der Waals surface area (Å²) in [6, 6.07) is 0.520. The lowest BCUT2D eigenvalue weighted by Crippen LogP contribution is -2.42. The highest BCUT2D eigenvalue weighted by molar-refractivity contribution is 14.0. The number of nitrogens with zero attached hydrogens (tertiary/aromatic N) is 1. The van der Waals surface area contributed by atoms with Gasteiger partial charge in [0.2, 0.25) is 0 Å². The SMILES string of the molecule is CCNC(=NCCCCOC1CCCCCC1)NC1CC=CC1.I. The third-order valence-electron chi connectivity index (χ3n) is 4.67. The molecule has 5 heteroatoms. The fraction of sp³-hybridized carbons (Fsp3) is 0.842. The second kappa shape index (κ2) is 13.9. The second-order valence-electron chi connectivity index (χ2n) is 6.74. The number of hydrogen-bond donors (Lipinski definition) is 2. The van der Waals surface area contributed by atoms with Crippen LogP contribution >= 0.6 is 24.0 Å². The number of guanidine groups is 1. The number of unbranched alkanes of at least 4 members (excludes halogenated alkanes) is 1. The van der Waals surface area contributed by atoms with Crippen molar-refractivity contribution in [2.24, 2.45) is 4.99 Å². The van der Waals surface area contributed by atoms with E-state index in [4.69, 9.17) is 4.74 Å². The molecule has 2 aliphatic carbocycles. The van der Waals surface area contributed by atoms with Gasteiger partial charge < -0.3 is 15.4 Å². The van der Waals surface area contributed by atoms with E-state index in [2.05, 4.69) is 34.7 Å². The van der Waals surface area contributed by atoms with Crippen molar-refractivity contribution < 1.29 is 4.74 Å². The lowest BCUT2D eigenvalue weighted by molar-refractivity contribution is 0.0413. The van der Waals surface area contributed by atoms with E-state index in [9.17, 15) is 0 Å². The summed E-state index contributed by atoms with van der Waals surface area (Å²) < 4.78 is 6.04. The van der Waals surface area contributed by atoms with E-state index in [1.54, 1.807) is 0 Å². The number of rotatable bonds is 8. The van der Waals surface area contributed by atoms with E-state index in [-0.39, 0.29) is 24.0 Å². The first-order valence-corrected chi connectivity index (χ1v) is 9.70. The van der Waals surface area contributed by atoms with Crippen molar-refractivity contribution in [1.82, 2.24) is 10.6 Å². The van der Waals surface area contributed by atoms with E-state index in [1.807, 2.05) is 0 Å². The van der Waals surface area contributed by atoms with Crippen LogP contribution in [0.2, 0.25) is 0 Å².